The van der Waals surface area contributed by atoms with Crippen LogP contribution < -0.4 is 0 Å². The van der Waals surface area contributed by atoms with Crippen LogP contribution >= 0.6 is 12.2 Å². The van der Waals surface area contributed by atoms with Crippen LogP contribution in [0.2, 0.25) is 0 Å². The molecular weight excluding hydrogens is 254 g/mol. The molecule has 1 aromatic carbocycles. The van der Waals surface area contributed by atoms with Gasteiger partial charge in [0.2, 0.25) is 0 Å². The van der Waals surface area contributed by atoms with Crippen molar-refractivity contribution < 1.29 is 0 Å². The van der Waals surface area contributed by atoms with Gasteiger partial charge in [0.1, 0.15) is 5.82 Å². The largest absolute Gasteiger partial charge is 0.301 e. The third kappa shape index (κ3) is 2.14. The van der Waals surface area contributed by atoms with Crippen LogP contribution in [-0.2, 0) is 6.42 Å². The lowest BCUT2D eigenvalue weighted by Crippen LogP contribution is -2.17. The number of aryl methyl sites for hydroxylation is 1. The van der Waals surface area contributed by atoms with E-state index in [4.69, 9.17) is 12.2 Å². The van der Waals surface area contributed by atoms with Crippen molar-refractivity contribution in [3.63, 3.8) is 0 Å². The van der Waals surface area contributed by atoms with Crippen molar-refractivity contribution >= 4 is 12.2 Å². The van der Waals surface area contributed by atoms with Crippen molar-refractivity contribution in [1.82, 2.24) is 14.8 Å². The quantitative estimate of drug-likeness (QED) is 0.839. The van der Waals surface area contributed by atoms with Gasteiger partial charge in [0.05, 0.1) is 0 Å². The summed E-state index contributed by atoms with van der Waals surface area (Å²) in [7, 11) is 0. The lowest BCUT2D eigenvalue weighted by molar-refractivity contribution is 0.510. The monoisotopic (exact) mass is 273 g/mol. The molecule has 1 heterocycles. The zero-order valence-corrected chi connectivity index (χ0v) is 12.2. The molecular formula is C15H19N3S. The van der Waals surface area contributed by atoms with Gasteiger partial charge in [-0.25, -0.2) is 0 Å². The molecule has 19 heavy (non-hydrogen) atoms. The van der Waals surface area contributed by atoms with Crippen LogP contribution in [0.4, 0.5) is 0 Å². The minimum atomic E-state index is 0.343. The highest BCUT2D eigenvalue weighted by Crippen LogP contribution is 2.36. The molecule has 1 unspecified atom stereocenters. The number of aromatic amines is 1. The van der Waals surface area contributed by atoms with Crippen LogP contribution in [0, 0.1) is 4.77 Å². The zero-order chi connectivity index (χ0) is 13.4. The first-order chi connectivity index (χ1) is 9.18. The van der Waals surface area contributed by atoms with Gasteiger partial charge in [-0.1, -0.05) is 24.3 Å². The fourth-order valence-electron chi connectivity index (χ4n) is 3.08. The second-order valence-corrected chi connectivity index (χ2v) is 5.88. The van der Waals surface area contributed by atoms with Crippen molar-refractivity contribution in [2.75, 3.05) is 0 Å². The van der Waals surface area contributed by atoms with E-state index in [0.29, 0.717) is 12.0 Å². The van der Waals surface area contributed by atoms with Crippen molar-refractivity contribution in [3.8, 4) is 0 Å². The van der Waals surface area contributed by atoms with Gasteiger partial charge < -0.3 is 4.57 Å². The van der Waals surface area contributed by atoms with Gasteiger partial charge >= 0.3 is 0 Å². The Morgan fingerprint density at radius 2 is 2.16 bits per heavy atom. The third-order valence-electron chi connectivity index (χ3n) is 3.93. The summed E-state index contributed by atoms with van der Waals surface area (Å²) < 4.78 is 2.88. The van der Waals surface area contributed by atoms with Gasteiger partial charge in [-0.05, 0) is 56.5 Å². The summed E-state index contributed by atoms with van der Waals surface area (Å²) in [6, 6.07) is 9.07. The highest BCUT2D eigenvalue weighted by atomic mass is 32.1. The van der Waals surface area contributed by atoms with Crippen LogP contribution in [0.25, 0.3) is 0 Å². The van der Waals surface area contributed by atoms with E-state index in [1.54, 1.807) is 0 Å². The summed E-state index contributed by atoms with van der Waals surface area (Å²) in [6.07, 6.45) is 3.56. The second kappa shape index (κ2) is 4.93. The van der Waals surface area contributed by atoms with Gasteiger partial charge in [0.25, 0.3) is 0 Å². The number of aromatic nitrogens is 3. The van der Waals surface area contributed by atoms with E-state index >= 15 is 0 Å². The Labute approximate surface area is 118 Å². The number of nitrogens with one attached hydrogen (secondary N) is 1. The van der Waals surface area contributed by atoms with Crippen molar-refractivity contribution in [1.29, 1.82) is 0 Å². The number of fused-ring (bicyclic) bond motifs is 1. The van der Waals surface area contributed by atoms with Crippen LogP contribution in [0.1, 0.15) is 55.6 Å². The van der Waals surface area contributed by atoms with E-state index in [1.807, 2.05) is 0 Å². The Bertz CT molecular complexity index is 639. The smallest absolute Gasteiger partial charge is 0.195 e. The zero-order valence-electron chi connectivity index (χ0n) is 11.4. The molecule has 100 valence electrons. The lowest BCUT2D eigenvalue weighted by Gasteiger charge is -2.26. The normalized spacial score (nSPS) is 18.6. The maximum atomic E-state index is 5.36. The molecule has 0 spiro atoms. The Kier molecular flexibility index (Phi) is 3.27. The van der Waals surface area contributed by atoms with Crippen molar-refractivity contribution in [3.05, 3.63) is 46.0 Å². The van der Waals surface area contributed by atoms with E-state index in [-0.39, 0.29) is 0 Å². The average Bonchev–Trinajstić information content (AvgIpc) is 2.80. The fourth-order valence-corrected chi connectivity index (χ4v) is 3.43. The van der Waals surface area contributed by atoms with E-state index in [2.05, 4.69) is 52.9 Å². The van der Waals surface area contributed by atoms with Crippen LogP contribution in [-0.4, -0.2) is 14.8 Å². The first-order valence-electron chi connectivity index (χ1n) is 6.93. The maximum Gasteiger partial charge on any atom is 0.195 e. The Hall–Kier alpha value is -1.42. The molecule has 1 N–H and O–H groups in total. The molecule has 0 saturated carbocycles. The van der Waals surface area contributed by atoms with E-state index in [0.717, 1.165) is 17.0 Å². The van der Waals surface area contributed by atoms with Gasteiger partial charge in [0.15, 0.2) is 4.77 Å². The van der Waals surface area contributed by atoms with E-state index in [9.17, 15) is 0 Å². The summed E-state index contributed by atoms with van der Waals surface area (Å²) in [5, 5.41) is 7.47. The molecule has 2 aromatic rings. The van der Waals surface area contributed by atoms with Crippen LogP contribution in [0.15, 0.2) is 24.3 Å². The summed E-state index contributed by atoms with van der Waals surface area (Å²) in [5.41, 5.74) is 2.88. The van der Waals surface area contributed by atoms with Gasteiger partial charge in [-0.3, -0.25) is 5.10 Å². The first-order valence-corrected chi connectivity index (χ1v) is 7.34. The third-order valence-corrected chi connectivity index (χ3v) is 4.22. The highest BCUT2D eigenvalue weighted by molar-refractivity contribution is 7.71. The molecule has 1 atom stereocenters. The predicted molar refractivity (Wildman–Crippen MR) is 79.0 cm³/mol. The highest BCUT2D eigenvalue weighted by Gasteiger charge is 2.26. The molecule has 1 aromatic heterocycles. The molecule has 0 saturated heterocycles. The molecule has 0 amide bonds. The van der Waals surface area contributed by atoms with Gasteiger partial charge in [0, 0.05) is 12.0 Å². The number of rotatable bonds is 2. The lowest BCUT2D eigenvalue weighted by atomic mass is 9.82. The first kappa shape index (κ1) is 12.6. The molecule has 0 bridgehead atoms. The summed E-state index contributed by atoms with van der Waals surface area (Å²) in [4.78, 5) is 0. The second-order valence-electron chi connectivity index (χ2n) is 5.49. The Morgan fingerprint density at radius 3 is 2.95 bits per heavy atom. The minimum absolute atomic E-state index is 0.343. The standard InChI is InChI=1S/C15H19N3S/c1-10(2)18-14(16-17-15(18)19)13-9-5-7-11-6-3-4-8-12(11)13/h3-4,6,8,10,13H,5,7,9H2,1-2H3,(H,17,19). The molecule has 1 aliphatic rings. The molecule has 3 rings (SSSR count). The van der Waals surface area contributed by atoms with Gasteiger partial charge in [-0.15, -0.1) is 0 Å². The summed E-state index contributed by atoms with van der Waals surface area (Å²) in [5.74, 6) is 1.47. The Balaban J connectivity index is 2.12. The Morgan fingerprint density at radius 1 is 1.37 bits per heavy atom. The average molecular weight is 273 g/mol. The van der Waals surface area contributed by atoms with E-state index < -0.39 is 0 Å². The summed E-state index contributed by atoms with van der Waals surface area (Å²) >= 11 is 5.36. The molecule has 1 aliphatic carbocycles. The van der Waals surface area contributed by atoms with E-state index in [1.165, 1.54) is 24.0 Å². The predicted octanol–water partition coefficient (Wildman–Crippen LogP) is 3.99. The molecule has 0 radical (unpaired) electrons. The number of hydrogen-bond donors (Lipinski definition) is 1. The number of benzene rings is 1. The van der Waals surface area contributed by atoms with Crippen molar-refractivity contribution in [2.24, 2.45) is 0 Å². The van der Waals surface area contributed by atoms with Gasteiger partial charge in [-0.2, -0.15) is 5.10 Å². The number of hydrogen-bond acceptors (Lipinski definition) is 2. The SMILES string of the molecule is CC(C)n1c(C2CCCc3ccccc32)n[nH]c1=S. The molecule has 0 aliphatic heterocycles. The van der Waals surface area contributed by atoms with Crippen molar-refractivity contribution in [2.45, 2.75) is 45.1 Å². The maximum absolute atomic E-state index is 5.36. The molecule has 4 heteroatoms. The summed E-state index contributed by atoms with van der Waals surface area (Å²) in [6.45, 7) is 4.31. The van der Waals surface area contributed by atoms with Crippen LogP contribution in [0.3, 0.4) is 0 Å². The minimum Gasteiger partial charge on any atom is -0.301 e. The molecule has 3 nitrogen and oxygen atoms in total. The number of nitrogens with zero attached hydrogens (tertiary/aromatic N) is 2. The molecule has 0 fully saturated rings. The number of H-pyrrole nitrogens is 1. The fraction of sp³-hybridized carbons (Fsp3) is 0.467. The topological polar surface area (TPSA) is 33.6 Å². The van der Waals surface area contributed by atoms with Crippen LogP contribution in [0.5, 0.6) is 0 Å².